The Kier molecular flexibility index (Phi) is 8.05. The van der Waals surface area contributed by atoms with Crippen LogP contribution in [0.1, 0.15) is 42.2 Å². The Bertz CT molecular complexity index is 980. The van der Waals surface area contributed by atoms with Crippen LogP contribution in [-0.4, -0.2) is 24.5 Å². The third kappa shape index (κ3) is 7.01. The molecule has 6 nitrogen and oxygen atoms in total. The van der Waals surface area contributed by atoms with Crippen molar-refractivity contribution in [2.75, 3.05) is 6.61 Å². The van der Waals surface area contributed by atoms with Gasteiger partial charge in [-0.3, -0.25) is 9.59 Å². The molecule has 0 spiro atoms. The van der Waals surface area contributed by atoms with Gasteiger partial charge in [-0.05, 0) is 71.7 Å². The van der Waals surface area contributed by atoms with Gasteiger partial charge in [-0.25, -0.2) is 9.18 Å². The molecule has 0 aliphatic heterocycles. The Labute approximate surface area is 173 Å². The molecule has 0 heterocycles. The highest BCUT2D eigenvalue weighted by Gasteiger charge is 2.18. The molecule has 156 valence electrons. The van der Waals surface area contributed by atoms with E-state index in [1.165, 1.54) is 49.4 Å². The molecule has 0 aliphatic carbocycles. The van der Waals surface area contributed by atoms with Gasteiger partial charge in [0, 0.05) is 19.1 Å². The Hall–Kier alpha value is -3.74. The summed E-state index contributed by atoms with van der Waals surface area (Å²) in [6.45, 7) is 3.22. The fraction of sp³-hybridized carbons (Fsp3) is 0.174. The van der Waals surface area contributed by atoms with Gasteiger partial charge in [-0.15, -0.1) is 0 Å². The zero-order chi connectivity index (χ0) is 22.1. The SMILES string of the molecule is CCOC(=O)C=Cc1cc(C=CC(N)=O)cc(C(OC(C)=O)c2ccc(F)cc2)c1. The van der Waals surface area contributed by atoms with E-state index in [0.29, 0.717) is 22.3 Å². The molecule has 7 heteroatoms. The molecule has 0 aliphatic rings. The van der Waals surface area contributed by atoms with Crippen molar-refractivity contribution in [3.8, 4) is 0 Å². The number of hydrogen-bond acceptors (Lipinski definition) is 5. The lowest BCUT2D eigenvalue weighted by atomic mass is 9.96. The number of primary amides is 1. The number of carbonyl (C=O) groups is 3. The molecule has 0 radical (unpaired) electrons. The summed E-state index contributed by atoms with van der Waals surface area (Å²) in [7, 11) is 0. The van der Waals surface area contributed by atoms with Gasteiger partial charge in [0.05, 0.1) is 6.61 Å². The van der Waals surface area contributed by atoms with Gasteiger partial charge in [-0.1, -0.05) is 12.1 Å². The molecule has 0 bridgehead atoms. The van der Waals surface area contributed by atoms with Crippen molar-refractivity contribution in [3.05, 3.63) is 82.7 Å². The number of ether oxygens (including phenoxy) is 2. The van der Waals surface area contributed by atoms with Gasteiger partial charge in [-0.2, -0.15) is 0 Å². The minimum absolute atomic E-state index is 0.245. The number of carbonyl (C=O) groups excluding carboxylic acids is 3. The topological polar surface area (TPSA) is 95.7 Å². The highest BCUT2D eigenvalue weighted by Crippen LogP contribution is 2.29. The van der Waals surface area contributed by atoms with Gasteiger partial charge in [0.15, 0.2) is 6.10 Å². The summed E-state index contributed by atoms with van der Waals surface area (Å²) in [5, 5.41) is 0. The minimum Gasteiger partial charge on any atom is -0.463 e. The van der Waals surface area contributed by atoms with Gasteiger partial charge in [0.25, 0.3) is 0 Å². The van der Waals surface area contributed by atoms with E-state index >= 15 is 0 Å². The van der Waals surface area contributed by atoms with Crippen molar-refractivity contribution in [2.24, 2.45) is 5.73 Å². The lowest BCUT2D eigenvalue weighted by molar-refractivity contribution is -0.144. The number of nitrogens with two attached hydrogens (primary N) is 1. The number of esters is 2. The second-order valence-electron chi connectivity index (χ2n) is 6.30. The second-order valence-corrected chi connectivity index (χ2v) is 6.30. The van der Waals surface area contributed by atoms with Crippen LogP contribution in [0.3, 0.4) is 0 Å². The molecule has 2 aromatic carbocycles. The third-order valence-electron chi connectivity index (χ3n) is 3.90. The van der Waals surface area contributed by atoms with Gasteiger partial charge in [0.1, 0.15) is 5.82 Å². The van der Waals surface area contributed by atoms with Crippen molar-refractivity contribution in [1.29, 1.82) is 0 Å². The Morgan fingerprint density at radius 1 is 1.00 bits per heavy atom. The van der Waals surface area contributed by atoms with E-state index in [4.69, 9.17) is 15.2 Å². The van der Waals surface area contributed by atoms with E-state index in [1.54, 1.807) is 31.2 Å². The van der Waals surface area contributed by atoms with E-state index in [9.17, 15) is 18.8 Å². The Morgan fingerprint density at radius 2 is 1.60 bits per heavy atom. The van der Waals surface area contributed by atoms with Crippen LogP contribution in [0.15, 0.2) is 54.6 Å². The molecular weight excluding hydrogens is 389 g/mol. The minimum atomic E-state index is -0.820. The van der Waals surface area contributed by atoms with Gasteiger partial charge < -0.3 is 15.2 Å². The molecule has 2 rings (SSSR count). The van der Waals surface area contributed by atoms with E-state index < -0.39 is 29.8 Å². The first-order valence-electron chi connectivity index (χ1n) is 9.18. The fourth-order valence-corrected chi connectivity index (χ4v) is 2.71. The highest BCUT2D eigenvalue weighted by atomic mass is 19.1. The molecule has 2 N–H and O–H groups in total. The average molecular weight is 411 g/mol. The molecule has 1 unspecified atom stereocenters. The first-order chi connectivity index (χ1) is 14.3. The van der Waals surface area contributed by atoms with E-state index in [1.807, 2.05) is 0 Å². The number of rotatable bonds is 8. The van der Waals surface area contributed by atoms with E-state index in [0.717, 1.165) is 0 Å². The maximum absolute atomic E-state index is 13.3. The first kappa shape index (κ1) is 22.5. The van der Waals surface area contributed by atoms with E-state index in [-0.39, 0.29) is 6.61 Å². The smallest absolute Gasteiger partial charge is 0.330 e. The zero-order valence-corrected chi connectivity index (χ0v) is 16.6. The lowest BCUT2D eigenvalue weighted by Gasteiger charge is -2.19. The molecule has 0 fully saturated rings. The summed E-state index contributed by atoms with van der Waals surface area (Å²) in [6.07, 6.45) is 4.68. The third-order valence-corrected chi connectivity index (χ3v) is 3.90. The second kappa shape index (κ2) is 10.7. The van der Waals surface area contributed by atoms with Crippen LogP contribution in [0.25, 0.3) is 12.2 Å². The number of hydrogen-bond donors (Lipinski definition) is 1. The van der Waals surface area contributed by atoms with Crippen molar-refractivity contribution >= 4 is 30.0 Å². The van der Waals surface area contributed by atoms with Crippen LogP contribution in [0, 0.1) is 5.82 Å². The van der Waals surface area contributed by atoms with E-state index in [2.05, 4.69) is 0 Å². The van der Waals surface area contributed by atoms with Gasteiger partial charge >= 0.3 is 11.9 Å². The number of halogens is 1. The molecular formula is C23H22FNO5. The van der Waals surface area contributed by atoms with Crippen molar-refractivity contribution < 1.29 is 28.2 Å². The molecule has 0 aromatic heterocycles. The maximum atomic E-state index is 13.3. The molecule has 0 saturated heterocycles. The van der Waals surface area contributed by atoms with Crippen LogP contribution < -0.4 is 5.73 Å². The summed E-state index contributed by atoms with van der Waals surface area (Å²) in [5.41, 5.74) is 7.49. The molecule has 1 atom stereocenters. The summed E-state index contributed by atoms with van der Waals surface area (Å²) < 4.78 is 23.7. The largest absolute Gasteiger partial charge is 0.463 e. The molecule has 30 heavy (non-hydrogen) atoms. The zero-order valence-electron chi connectivity index (χ0n) is 16.6. The van der Waals surface area contributed by atoms with Crippen LogP contribution in [-0.2, 0) is 23.9 Å². The van der Waals surface area contributed by atoms with Crippen LogP contribution in [0.4, 0.5) is 4.39 Å². The van der Waals surface area contributed by atoms with Gasteiger partial charge in [0.2, 0.25) is 5.91 Å². The highest BCUT2D eigenvalue weighted by molar-refractivity contribution is 5.90. The van der Waals surface area contributed by atoms with Crippen molar-refractivity contribution in [3.63, 3.8) is 0 Å². The monoisotopic (exact) mass is 411 g/mol. The van der Waals surface area contributed by atoms with Crippen molar-refractivity contribution in [1.82, 2.24) is 0 Å². The number of amides is 1. The summed E-state index contributed by atoms with van der Waals surface area (Å²) >= 11 is 0. The average Bonchev–Trinajstić information content (AvgIpc) is 2.70. The molecule has 0 saturated carbocycles. The standard InChI is InChI=1S/C23H22FNO5/c1-3-29-22(28)11-5-17-12-16(4-10-21(25)27)13-19(14-17)23(30-15(2)26)18-6-8-20(24)9-7-18/h4-14,23H,3H2,1-2H3,(H2,25,27). The Morgan fingerprint density at radius 3 is 2.13 bits per heavy atom. The Balaban J connectivity index is 2.54. The summed E-state index contributed by atoms with van der Waals surface area (Å²) in [5.74, 6) is -2.08. The van der Waals surface area contributed by atoms with Crippen LogP contribution in [0.2, 0.25) is 0 Å². The normalized spacial score (nSPS) is 12.1. The quantitative estimate of drug-likeness (QED) is 0.529. The molecule has 2 aromatic rings. The predicted octanol–water partition coefficient (Wildman–Crippen LogP) is 3.55. The summed E-state index contributed by atoms with van der Waals surface area (Å²) in [4.78, 5) is 34.5. The first-order valence-corrected chi connectivity index (χ1v) is 9.18. The summed E-state index contributed by atoms with van der Waals surface area (Å²) in [6, 6.07) is 10.7. The van der Waals surface area contributed by atoms with Crippen LogP contribution >= 0.6 is 0 Å². The maximum Gasteiger partial charge on any atom is 0.330 e. The predicted molar refractivity (Wildman–Crippen MR) is 110 cm³/mol. The van der Waals surface area contributed by atoms with Crippen molar-refractivity contribution in [2.45, 2.75) is 20.0 Å². The molecule has 1 amide bonds. The lowest BCUT2D eigenvalue weighted by Crippen LogP contribution is -2.11. The fourth-order valence-electron chi connectivity index (χ4n) is 2.71. The number of benzene rings is 2. The van der Waals surface area contributed by atoms with Crippen LogP contribution in [0.5, 0.6) is 0 Å².